The summed E-state index contributed by atoms with van der Waals surface area (Å²) in [5.74, 6) is 4.79. The first-order valence-corrected chi connectivity index (χ1v) is 5.63. The van der Waals surface area contributed by atoms with Crippen LogP contribution in [0.25, 0.3) is 0 Å². The van der Waals surface area contributed by atoms with Crippen LogP contribution in [0.1, 0.15) is 24.5 Å². The van der Waals surface area contributed by atoms with E-state index in [1.54, 1.807) is 19.1 Å². The van der Waals surface area contributed by atoms with E-state index in [1.165, 1.54) is 0 Å². The Kier molecular flexibility index (Phi) is 5.46. The molecule has 0 spiro atoms. The molecule has 1 aromatic carbocycles. The zero-order valence-corrected chi connectivity index (χ0v) is 10.2. The minimum absolute atomic E-state index is 0.0462. The highest BCUT2D eigenvalue weighted by Gasteiger charge is 2.02. The fourth-order valence-electron chi connectivity index (χ4n) is 1.32. The second-order valence-electron chi connectivity index (χ2n) is 3.62. The normalized spacial score (nSPS) is 9.17. The summed E-state index contributed by atoms with van der Waals surface area (Å²) in [6.45, 7) is 2.16. The van der Waals surface area contributed by atoms with Gasteiger partial charge in [0.2, 0.25) is 5.91 Å². The fraction of sp³-hybridized carbons (Fsp3) is 0.286. The van der Waals surface area contributed by atoms with Gasteiger partial charge in [-0.2, -0.15) is 0 Å². The maximum Gasteiger partial charge on any atom is 0.310 e. The quantitative estimate of drug-likeness (QED) is 0.636. The van der Waals surface area contributed by atoms with Crippen molar-refractivity contribution in [2.45, 2.75) is 19.8 Å². The molecule has 1 amide bonds. The van der Waals surface area contributed by atoms with Gasteiger partial charge in [0.05, 0.1) is 19.4 Å². The van der Waals surface area contributed by atoms with E-state index in [2.05, 4.69) is 11.8 Å². The number of esters is 1. The Morgan fingerprint density at radius 2 is 1.94 bits per heavy atom. The van der Waals surface area contributed by atoms with Crippen molar-refractivity contribution in [3.05, 3.63) is 35.4 Å². The van der Waals surface area contributed by atoms with Gasteiger partial charge in [0.15, 0.2) is 0 Å². The van der Waals surface area contributed by atoms with E-state index in [-0.39, 0.29) is 18.8 Å². The number of hydrogen-bond donors (Lipinski definition) is 1. The molecule has 1 rings (SSSR count). The van der Waals surface area contributed by atoms with Crippen LogP contribution in [0.2, 0.25) is 0 Å². The van der Waals surface area contributed by atoms with Crippen molar-refractivity contribution in [3.63, 3.8) is 0 Å². The van der Waals surface area contributed by atoms with Crippen LogP contribution in [-0.2, 0) is 20.7 Å². The number of primary amides is 1. The first-order chi connectivity index (χ1) is 8.61. The summed E-state index contributed by atoms with van der Waals surface area (Å²) < 4.78 is 4.85. The molecule has 94 valence electrons. The Balaban J connectivity index is 2.59. The fourth-order valence-corrected chi connectivity index (χ4v) is 1.32. The molecular formula is C14H15NO3. The molecule has 4 nitrogen and oxygen atoms in total. The van der Waals surface area contributed by atoms with Gasteiger partial charge >= 0.3 is 5.97 Å². The first kappa shape index (κ1) is 13.8. The molecule has 0 aromatic heterocycles. The van der Waals surface area contributed by atoms with Gasteiger partial charge in [-0.05, 0) is 24.6 Å². The van der Waals surface area contributed by atoms with Crippen LogP contribution < -0.4 is 5.73 Å². The smallest absolute Gasteiger partial charge is 0.310 e. The van der Waals surface area contributed by atoms with Crippen molar-refractivity contribution in [2.75, 3.05) is 6.61 Å². The Bertz CT molecular complexity index is 480. The molecule has 0 fully saturated rings. The van der Waals surface area contributed by atoms with E-state index in [9.17, 15) is 9.59 Å². The van der Waals surface area contributed by atoms with Crippen molar-refractivity contribution < 1.29 is 14.3 Å². The highest BCUT2D eigenvalue weighted by molar-refractivity contribution is 5.76. The summed E-state index contributed by atoms with van der Waals surface area (Å²) in [4.78, 5) is 21.7. The van der Waals surface area contributed by atoms with Gasteiger partial charge in [-0.15, -0.1) is 0 Å². The van der Waals surface area contributed by atoms with Gasteiger partial charge in [0.1, 0.15) is 0 Å². The van der Waals surface area contributed by atoms with E-state index in [1.807, 2.05) is 12.1 Å². The lowest BCUT2D eigenvalue weighted by molar-refractivity contribution is -0.142. The predicted octanol–water partition coefficient (Wildman–Crippen LogP) is 1.02. The number of rotatable bonds is 4. The molecule has 0 heterocycles. The van der Waals surface area contributed by atoms with E-state index >= 15 is 0 Å². The number of hydrogen-bond acceptors (Lipinski definition) is 3. The average molecular weight is 245 g/mol. The van der Waals surface area contributed by atoms with Gasteiger partial charge in [-0.25, -0.2) is 0 Å². The maximum atomic E-state index is 11.2. The molecule has 0 bridgehead atoms. The monoisotopic (exact) mass is 245 g/mol. The van der Waals surface area contributed by atoms with Crippen LogP contribution in [-0.4, -0.2) is 18.5 Å². The van der Waals surface area contributed by atoms with Gasteiger partial charge in [-0.1, -0.05) is 24.0 Å². The van der Waals surface area contributed by atoms with Crippen LogP contribution in [0.5, 0.6) is 0 Å². The molecule has 0 saturated heterocycles. The molecule has 0 atom stereocenters. The zero-order valence-electron chi connectivity index (χ0n) is 10.2. The Morgan fingerprint density at radius 1 is 1.28 bits per heavy atom. The molecule has 0 radical (unpaired) electrons. The van der Waals surface area contributed by atoms with E-state index in [0.717, 1.165) is 11.1 Å². The first-order valence-electron chi connectivity index (χ1n) is 5.63. The third-order valence-electron chi connectivity index (χ3n) is 2.10. The zero-order chi connectivity index (χ0) is 13.4. The van der Waals surface area contributed by atoms with Crippen LogP contribution >= 0.6 is 0 Å². The van der Waals surface area contributed by atoms with Crippen molar-refractivity contribution in [1.29, 1.82) is 0 Å². The summed E-state index contributed by atoms with van der Waals surface area (Å²) in [7, 11) is 0. The van der Waals surface area contributed by atoms with Crippen molar-refractivity contribution >= 4 is 11.9 Å². The lowest BCUT2D eigenvalue weighted by atomic mass is 10.1. The number of carbonyl (C=O) groups is 2. The van der Waals surface area contributed by atoms with Crippen LogP contribution in [0.3, 0.4) is 0 Å². The van der Waals surface area contributed by atoms with Crippen molar-refractivity contribution in [3.8, 4) is 11.8 Å². The minimum atomic E-state index is -0.443. The molecule has 18 heavy (non-hydrogen) atoms. The Morgan fingerprint density at radius 3 is 2.50 bits per heavy atom. The van der Waals surface area contributed by atoms with Gasteiger partial charge in [0.25, 0.3) is 0 Å². The molecular weight excluding hydrogens is 230 g/mol. The van der Waals surface area contributed by atoms with E-state index in [4.69, 9.17) is 10.5 Å². The summed E-state index contributed by atoms with van der Waals surface area (Å²) in [6.07, 6.45) is 0.299. The number of ether oxygens (including phenoxy) is 1. The lowest BCUT2D eigenvalue weighted by Crippen LogP contribution is -2.08. The molecule has 0 saturated carbocycles. The molecule has 4 heteroatoms. The summed E-state index contributed by atoms with van der Waals surface area (Å²) >= 11 is 0. The lowest BCUT2D eigenvalue weighted by Gasteiger charge is -2.01. The number of carbonyl (C=O) groups excluding carboxylic acids is 2. The van der Waals surface area contributed by atoms with Crippen molar-refractivity contribution in [2.24, 2.45) is 5.73 Å². The molecule has 2 N–H and O–H groups in total. The number of benzene rings is 1. The number of nitrogens with two attached hydrogens (primary N) is 1. The number of amides is 1. The van der Waals surface area contributed by atoms with Crippen LogP contribution in [0.15, 0.2) is 24.3 Å². The van der Waals surface area contributed by atoms with Crippen LogP contribution in [0.4, 0.5) is 0 Å². The topological polar surface area (TPSA) is 69.4 Å². The third-order valence-corrected chi connectivity index (χ3v) is 2.10. The Labute approximate surface area is 106 Å². The van der Waals surface area contributed by atoms with Gasteiger partial charge < -0.3 is 10.5 Å². The standard InChI is InChI=1S/C14H15NO3/c1-2-18-14(17)10-12-8-6-11(7-9-12)4-3-5-13(15)16/h6-9H,2,5,10H2,1H3,(H2,15,16). The molecule has 1 aromatic rings. The van der Waals surface area contributed by atoms with Gasteiger partial charge in [-0.3, -0.25) is 9.59 Å². The van der Waals surface area contributed by atoms with Crippen LogP contribution in [0, 0.1) is 11.8 Å². The van der Waals surface area contributed by atoms with Gasteiger partial charge in [0, 0.05) is 5.56 Å². The predicted molar refractivity (Wildman–Crippen MR) is 67.5 cm³/mol. The second kappa shape index (κ2) is 7.13. The molecule has 0 unspecified atom stereocenters. The highest BCUT2D eigenvalue weighted by Crippen LogP contribution is 2.05. The molecule has 0 aliphatic carbocycles. The minimum Gasteiger partial charge on any atom is -0.466 e. The second-order valence-corrected chi connectivity index (χ2v) is 3.62. The summed E-state index contributed by atoms with van der Waals surface area (Å²) in [5, 5.41) is 0. The largest absolute Gasteiger partial charge is 0.466 e. The third kappa shape index (κ3) is 5.17. The van der Waals surface area contributed by atoms with E-state index < -0.39 is 5.91 Å². The Hall–Kier alpha value is -2.28. The molecule has 0 aliphatic rings. The van der Waals surface area contributed by atoms with E-state index in [0.29, 0.717) is 6.61 Å². The highest BCUT2D eigenvalue weighted by atomic mass is 16.5. The summed E-state index contributed by atoms with van der Waals surface area (Å²) in [5.41, 5.74) is 6.62. The summed E-state index contributed by atoms with van der Waals surface area (Å²) in [6, 6.07) is 7.21. The van der Waals surface area contributed by atoms with Crippen molar-refractivity contribution in [1.82, 2.24) is 0 Å². The average Bonchev–Trinajstić information content (AvgIpc) is 2.31. The molecule has 0 aliphatic heterocycles. The maximum absolute atomic E-state index is 11.2. The SMILES string of the molecule is CCOC(=O)Cc1ccc(C#CCC(N)=O)cc1.